The molecule has 0 bridgehead atoms. The maximum absolute atomic E-state index is 11.9. The molecule has 0 amide bonds. The van der Waals surface area contributed by atoms with Gasteiger partial charge in [-0.05, 0) is 38.0 Å². The second-order valence-corrected chi connectivity index (χ2v) is 5.10. The molecule has 2 nitrogen and oxygen atoms in total. The fourth-order valence-corrected chi connectivity index (χ4v) is 3.52. The van der Waals surface area contributed by atoms with Crippen LogP contribution in [0.25, 0.3) is 0 Å². The van der Waals surface area contributed by atoms with E-state index in [9.17, 15) is 4.79 Å². The van der Waals surface area contributed by atoms with Gasteiger partial charge in [0, 0.05) is 18.9 Å². The summed E-state index contributed by atoms with van der Waals surface area (Å²) in [4.78, 5) is 11.9. The number of rotatable bonds is 2. The van der Waals surface area contributed by atoms with Crippen molar-refractivity contribution < 1.29 is 9.53 Å². The van der Waals surface area contributed by atoms with E-state index in [1.807, 2.05) is 0 Å². The summed E-state index contributed by atoms with van der Waals surface area (Å²) in [5.74, 6) is 1.92. The van der Waals surface area contributed by atoms with Crippen molar-refractivity contribution in [3.63, 3.8) is 0 Å². The first-order valence-corrected chi connectivity index (χ1v) is 6.38. The molecule has 0 saturated heterocycles. The molecule has 0 spiro atoms. The van der Waals surface area contributed by atoms with Crippen LogP contribution >= 0.6 is 0 Å². The monoisotopic (exact) mass is 210 g/mol. The van der Waals surface area contributed by atoms with Crippen LogP contribution in [0, 0.1) is 17.8 Å². The maximum Gasteiger partial charge on any atom is 0.136 e. The van der Waals surface area contributed by atoms with Gasteiger partial charge in [0.2, 0.25) is 0 Å². The molecule has 0 aromatic rings. The summed E-state index contributed by atoms with van der Waals surface area (Å²) >= 11 is 0. The molecule has 2 aliphatic carbocycles. The van der Waals surface area contributed by atoms with E-state index in [2.05, 4.69) is 13.8 Å². The topological polar surface area (TPSA) is 26.3 Å². The lowest BCUT2D eigenvalue weighted by atomic mass is 9.64. The second-order valence-electron chi connectivity index (χ2n) is 5.10. The van der Waals surface area contributed by atoms with Crippen LogP contribution in [0.2, 0.25) is 0 Å². The molecule has 86 valence electrons. The first kappa shape index (κ1) is 11.1. The zero-order valence-electron chi connectivity index (χ0n) is 9.87. The predicted octanol–water partition coefficient (Wildman–Crippen LogP) is 2.81. The largest absolute Gasteiger partial charge is 0.378 e. The van der Waals surface area contributed by atoms with Crippen LogP contribution in [-0.2, 0) is 9.53 Å². The molecule has 0 radical (unpaired) electrons. The summed E-state index contributed by atoms with van der Waals surface area (Å²) < 4.78 is 5.80. The summed E-state index contributed by atoms with van der Waals surface area (Å²) in [7, 11) is 0. The minimum Gasteiger partial charge on any atom is -0.378 e. The van der Waals surface area contributed by atoms with Crippen LogP contribution in [0.4, 0.5) is 0 Å². The molecular weight excluding hydrogens is 188 g/mol. The van der Waals surface area contributed by atoms with Crippen molar-refractivity contribution in [3.05, 3.63) is 0 Å². The SMILES string of the molecule is CCOC1CCC(=O)C2C(C)CCCC12. The first-order chi connectivity index (χ1) is 7.24. The molecule has 2 fully saturated rings. The molecule has 0 N–H and O–H groups in total. The Balaban J connectivity index is 2.11. The molecule has 0 heterocycles. The Kier molecular flexibility index (Phi) is 3.45. The normalized spacial score (nSPS) is 41.3. The summed E-state index contributed by atoms with van der Waals surface area (Å²) in [6, 6.07) is 0. The van der Waals surface area contributed by atoms with Gasteiger partial charge in [-0.15, -0.1) is 0 Å². The van der Waals surface area contributed by atoms with E-state index in [1.165, 1.54) is 19.3 Å². The van der Waals surface area contributed by atoms with Gasteiger partial charge in [-0.1, -0.05) is 13.3 Å². The van der Waals surface area contributed by atoms with Gasteiger partial charge in [-0.25, -0.2) is 0 Å². The Morgan fingerprint density at radius 1 is 1.33 bits per heavy atom. The van der Waals surface area contributed by atoms with E-state index in [1.54, 1.807) is 0 Å². The predicted molar refractivity (Wildman–Crippen MR) is 59.7 cm³/mol. The average Bonchev–Trinajstić information content (AvgIpc) is 2.22. The highest BCUT2D eigenvalue weighted by atomic mass is 16.5. The maximum atomic E-state index is 11.9. The fourth-order valence-electron chi connectivity index (χ4n) is 3.52. The summed E-state index contributed by atoms with van der Waals surface area (Å²) in [5.41, 5.74) is 0. The lowest BCUT2D eigenvalue weighted by molar-refractivity contribution is -0.139. The van der Waals surface area contributed by atoms with Gasteiger partial charge in [0.1, 0.15) is 5.78 Å². The number of hydrogen-bond acceptors (Lipinski definition) is 2. The van der Waals surface area contributed by atoms with Crippen molar-refractivity contribution >= 4 is 5.78 Å². The number of carbonyl (C=O) groups excluding carboxylic acids is 1. The van der Waals surface area contributed by atoms with E-state index in [4.69, 9.17) is 4.74 Å². The van der Waals surface area contributed by atoms with Crippen molar-refractivity contribution in [1.29, 1.82) is 0 Å². The van der Waals surface area contributed by atoms with E-state index in [-0.39, 0.29) is 0 Å². The van der Waals surface area contributed by atoms with Gasteiger partial charge in [-0.2, -0.15) is 0 Å². The third-order valence-corrected chi connectivity index (χ3v) is 4.18. The summed E-state index contributed by atoms with van der Waals surface area (Å²) in [6.45, 7) is 5.08. The van der Waals surface area contributed by atoms with Gasteiger partial charge in [0.05, 0.1) is 6.10 Å². The molecule has 2 heteroatoms. The molecule has 0 aromatic carbocycles. The molecule has 4 atom stereocenters. The van der Waals surface area contributed by atoms with Gasteiger partial charge in [0.15, 0.2) is 0 Å². The standard InChI is InChI=1S/C13H22O2/c1-3-15-12-8-7-11(14)13-9(2)5-4-6-10(12)13/h9-10,12-13H,3-8H2,1-2H3. The van der Waals surface area contributed by atoms with Crippen molar-refractivity contribution in [3.8, 4) is 0 Å². The van der Waals surface area contributed by atoms with Gasteiger partial charge in [0.25, 0.3) is 0 Å². The van der Waals surface area contributed by atoms with Crippen molar-refractivity contribution in [2.45, 2.75) is 52.1 Å². The number of ether oxygens (including phenoxy) is 1. The van der Waals surface area contributed by atoms with Crippen molar-refractivity contribution in [2.75, 3.05) is 6.61 Å². The highest BCUT2D eigenvalue weighted by Crippen LogP contribution is 2.42. The zero-order chi connectivity index (χ0) is 10.8. The van der Waals surface area contributed by atoms with Crippen molar-refractivity contribution in [2.24, 2.45) is 17.8 Å². The Hall–Kier alpha value is -0.370. The number of hydrogen-bond donors (Lipinski definition) is 0. The average molecular weight is 210 g/mol. The third kappa shape index (κ3) is 2.10. The van der Waals surface area contributed by atoms with Crippen LogP contribution in [0.1, 0.15) is 46.0 Å². The first-order valence-electron chi connectivity index (χ1n) is 6.38. The van der Waals surface area contributed by atoms with Crippen LogP contribution in [-0.4, -0.2) is 18.5 Å². The quantitative estimate of drug-likeness (QED) is 0.700. The Morgan fingerprint density at radius 2 is 2.13 bits per heavy atom. The molecule has 2 aliphatic rings. The van der Waals surface area contributed by atoms with Crippen LogP contribution < -0.4 is 0 Å². The Bertz CT molecular complexity index is 237. The second kappa shape index (κ2) is 4.65. The number of ketones is 1. The van der Waals surface area contributed by atoms with E-state index in [0.717, 1.165) is 19.4 Å². The fraction of sp³-hybridized carbons (Fsp3) is 0.923. The number of fused-ring (bicyclic) bond motifs is 1. The smallest absolute Gasteiger partial charge is 0.136 e. The Labute approximate surface area is 92.4 Å². The van der Waals surface area contributed by atoms with Gasteiger partial charge < -0.3 is 4.74 Å². The highest BCUT2D eigenvalue weighted by molar-refractivity contribution is 5.82. The molecule has 15 heavy (non-hydrogen) atoms. The third-order valence-electron chi connectivity index (χ3n) is 4.18. The lowest BCUT2D eigenvalue weighted by Crippen LogP contribution is -2.44. The zero-order valence-corrected chi connectivity index (χ0v) is 9.87. The minimum absolute atomic E-state index is 0.309. The molecule has 0 aromatic heterocycles. The van der Waals surface area contributed by atoms with Crippen molar-refractivity contribution in [1.82, 2.24) is 0 Å². The molecule has 0 aliphatic heterocycles. The summed E-state index contributed by atoms with van der Waals surface area (Å²) in [6.07, 6.45) is 5.77. The van der Waals surface area contributed by atoms with Crippen LogP contribution in [0.15, 0.2) is 0 Å². The van der Waals surface area contributed by atoms with E-state index >= 15 is 0 Å². The van der Waals surface area contributed by atoms with Crippen LogP contribution in [0.5, 0.6) is 0 Å². The molecule has 4 unspecified atom stereocenters. The molecular formula is C13H22O2. The molecule has 2 rings (SSSR count). The minimum atomic E-state index is 0.309. The van der Waals surface area contributed by atoms with E-state index < -0.39 is 0 Å². The lowest BCUT2D eigenvalue weighted by Gasteiger charge is -2.43. The van der Waals surface area contributed by atoms with Crippen LogP contribution in [0.3, 0.4) is 0 Å². The highest BCUT2D eigenvalue weighted by Gasteiger charge is 2.43. The van der Waals surface area contributed by atoms with Gasteiger partial charge in [-0.3, -0.25) is 4.79 Å². The number of Topliss-reactive ketones (excluding diaryl/α,β-unsaturated/α-hetero) is 1. The van der Waals surface area contributed by atoms with E-state index in [0.29, 0.717) is 29.6 Å². The summed E-state index contributed by atoms with van der Waals surface area (Å²) in [5, 5.41) is 0. The van der Waals surface area contributed by atoms with Gasteiger partial charge >= 0.3 is 0 Å². The Morgan fingerprint density at radius 3 is 2.87 bits per heavy atom. The number of carbonyl (C=O) groups is 1. The molecule has 2 saturated carbocycles.